The molecule has 1 aromatic carbocycles. The van der Waals surface area contributed by atoms with Crippen LogP contribution in [-0.2, 0) is 6.42 Å². The number of benzene rings is 1. The van der Waals surface area contributed by atoms with Crippen LogP contribution in [0.3, 0.4) is 0 Å². The van der Waals surface area contributed by atoms with E-state index in [-0.39, 0.29) is 30.1 Å². The van der Waals surface area contributed by atoms with Crippen molar-refractivity contribution in [3.8, 4) is 11.5 Å². The summed E-state index contributed by atoms with van der Waals surface area (Å²) in [6, 6.07) is 7.74. The molecular weight excluding hydrogens is 475 g/mol. The summed E-state index contributed by atoms with van der Waals surface area (Å²) in [7, 11) is 0. The van der Waals surface area contributed by atoms with Gasteiger partial charge in [0.2, 0.25) is 0 Å². The zero-order valence-corrected chi connectivity index (χ0v) is 18.9. The molecule has 0 fully saturated rings. The summed E-state index contributed by atoms with van der Waals surface area (Å²) in [5.41, 5.74) is 1.10. The van der Waals surface area contributed by atoms with Gasteiger partial charge in [-0.2, -0.15) is 0 Å². The summed E-state index contributed by atoms with van der Waals surface area (Å²) in [4.78, 5) is 9.13. The van der Waals surface area contributed by atoms with Crippen molar-refractivity contribution in [2.45, 2.75) is 32.8 Å². The van der Waals surface area contributed by atoms with Crippen molar-refractivity contribution in [2.24, 2.45) is 4.99 Å². The largest absolute Gasteiger partial charge is 0.486 e. The second-order valence-corrected chi connectivity index (χ2v) is 7.07. The predicted molar refractivity (Wildman–Crippen MR) is 121 cm³/mol. The predicted octanol–water partition coefficient (Wildman–Crippen LogP) is 3.40. The minimum absolute atomic E-state index is 0. The number of thiazole rings is 1. The van der Waals surface area contributed by atoms with E-state index in [1.165, 1.54) is 5.01 Å². The van der Waals surface area contributed by atoms with Gasteiger partial charge in [0.1, 0.15) is 6.61 Å². The van der Waals surface area contributed by atoms with Gasteiger partial charge >= 0.3 is 0 Å². The fourth-order valence-electron chi connectivity index (χ4n) is 2.65. The summed E-state index contributed by atoms with van der Waals surface area (Å²) < 4.78 is 11.7. The molecule has 1 aliphatic heterocycles. The molecule has 8 heteroatoms. The number of ether oxygens (including phenoxy) is 2. The number of hydrogen-bond donors (Lipinski definition) is 2. The van der Waals surface area contributed by atoms with Crippen LogP contribution in [0.1, 0.15) is 24.0 Å². The molecule has 1 aromatic heterocycles. The molecule has 0 amide bonds. The summed E-state index contributed by atoms with van der Waals surface area (Å²) in [5, 5.41) is 9.94. The Bertz CT molecular complexity index is 738. The van der Waals surface area contributed by atoms with E-state index in [4.69, 9.17) is 9.47 Å². The van der Waals surface area contributed by atoms with Gasteiger partial charge in [0.25, 0.3) is 0 Å². The number of guanidine groups is 1. The molecule has 1 aliphatic rings. The fourth-order valence-corrected chi connectivity index (χ4v) is 3.47. The Morgan fingerprint density at radius 3 is 2.85 bits per heavy atom. The summed E-state index contributed by atoms with van der Waals surface area (Å²) in [5.74, 6) is 2.40. The maximum Gasteiger partial charge on any atom is 0.191 e. The monoisotopic (exact) mass is 502 g/mol. The van der Waals surface area contributed by atoms with Gasteiger partial charge in [0.05, 0.1) is 11.6 Å². The second kappa shape index (κ2) is 11.3. The van der Waals surface area contributed by atoms with Crippen molar-refractivity contribution < 1.29 is 9.47 Å². The highest BCUT2D eigenvalue weighted by Crippen LogP contribution is 2.30. The molecule has 2 aromatic rings. The van der Waals surface area contributed by atoms with Gasteiger partial charge < -0.3 is 20.1 Å². The third-order valence-electron chi connectivity index (χ3n) is 3.89. The number of hydrogen-bond acceptors (Lipinski definition) is 5. The number of aliphatic imine (C=N–C) groups is 1. The number of halogens is 1. The zero-order valence-electron chi connectivity index (χ0n) is 15.7. The lowest BCUT2D eigenvalue weighted by Gasteiger charge is -2.25. The summed E-state index contributed by atoms with van der Waals surface area (Å²) in [6.45, 7) is 6.84. The van der Waals surface area contributed by atoms with Crippen LogP contribution in [0.15, 0.2) is 34.6 Å². The molecule has 27 heavy (non-hydrogen) atoms. The molecule has 148 valence electrons. The Hall–Kier alpha value is -1.55. The van der Waals surface area contributed by atoms with Crippen LogP contribution in [0.25, 0.3) is 0 Å². The van der Waals surface area contributed by atoms with Crippen LogP contribution < -0.4 is 20.1 Å². The molecule has 0 radical (unpaired) electrons. The Morgan fingerprint density at radius 1 is 1.30 bits per heavy atom. The molecule has 3 rings (SSSR count). The summed E-state index contributed by atoms with van der Waals surface area (Å²) >= 11 is 1.73. The minimum Gasteiger partial charge on any atom is -0.486 e. The number of rotatable bonds is 7. The highest BCUT2D eigenvalue weighted by atomic mass is 127. The van der Waals surface area contributed by atoms with E-state index in [2.05, 4.69) is 32.9 Å². The van der Waals surface area contributed by atoms with Crippen LogP contribution in [0.2, 0.25) is 0 Å². The van der Waals surface area contributed by atoms with Crippen molar-refractivity contribution in [1.29, 1.82) is 0 Å². The van der Waals surface area contributed by atoms with E-state index >= 15 is 0 Å². The molecule has 1 atom stereocenters. The van der Waals surface area contributed by atoms with Gasteiger partial charge in [-0.05, 0) is 32.4 Å². The van der Waals surface area contributed by atoms with E-state index in [1.807, 2.05) is 31.2 Å². The molecule has 2 N–H and O–H groups in total. The van der Waals surface area contributed by atoms with Gasteiger partial charge in [-0.3, -0.25) is 0 Å². The Labute approximate surface area is 181 Å². The van der Waals surface area contributed by atoms with Gasteiger partial charge in [-0.25, -0.2) is 9.98 Å². The molecule has 1 unspecified atom stereocenters. The van der Waals surface area contributed by atoms with Crippen molar-refractivity contribution >= 4 is 41.3 Å². The van der Waals surface area contributed by atoms with Gasteiger partial charge in [0.15, 0.2) is 23.6 Å². The molecule has 6 nitrogen and oxygen atoms in total. The van der Waals surface area contributed by atoms with Gasteiger partial charge in [-0.1, -0.05) is 12.1 Å². The fraction of sp³-hybridized carbons (Fsp3) is 0.474. The number of aryl methyl sites for hydroxylation is 2. The lowest BCUT2D eigenvalue weighted by molar-refractivity contribution is 0.0971. The van der Waals surface area contributed by atoms with Crippen LogP contribution in [0, 0.1) is 6.92 Å². The first kappa shape index (κ1) is 21.7. The molecule has 0 saturated carbocycles. The molecule has 2 heterocycles. The normalized spacial score (nSPS) is 15.8. The average molecular weight is 502 g/mol. The van der Waals surface area contributed by atoms with E-state index in [1.54, 1.807) is 11.3 Å². The lowest BCUT2D eigenvalue weighted by atomic mass is 10.2. The van der Waals surface area contributed by atoms with E-state index < -0.39 is 0 Å². The van der Waals surface area contributed by atoms with Crippen LogP contribution in [-0.4, -0.2) is 43.3 Å². The zero-order chi connectivity index (χ0) is 18.2. The van der Waals surface area contributed by atoms with Gasteiger partial charge in [0, 0.05) is 30.6 Å². The van der Waals surface area contributed by atoms with Crippen LogP contribution in [0.5, 0.6) is 11.5 Å². The first-order valence-electron chi connectivity index (χ1n) is 9.06. The van der Waals surface area contributed by atoms with E-state index in [0.717, 1.165) is 49.1 Å². The van der Waals surface area contributed by atoms with Crippen molar-refractivity contribution in [1.82, 2.24) is 15.6 Å². The third kappa shape index (κ3) is 6.84. The van der Waals surface area contributed by atoms with Crippen molar-refractivity contribution in [3.63, 3.8) is 0 Å². The molecule has 0 bridgehead atoms. The Balaban J connectivity index is 0.00000261. The average Bonchev–Trinajstić information content (AvgIpc) is 3.08. The molecule has 0 spiro atoms. The highest BCUT2D eigenvalue weighted by Gasteiger charge is 2.20. The van der Waals surface area contributed by atoms with E-state index in [9.17, 15) is 0 Å². The Kier molecular flexibility index (Phi) is 9.12. The number of nitrogens with one attached hydrogen (secondary N) is 2. The third-order valence-corrected chi connectivity index (χ3v) is 4.92. The van der Waals surface area contributed by atoms with Crippen molar-refractivity contribution in [2.75, 3.05) is 26.2 Å². The standard InChI is InChI=1S/C19H26N4O2S.HI/c1-3-20-19(21-10-6-9-18-23-14(2)13-26-18)22-11-15-12-24-16-7-4-5-8-17(16)25-15;/h4-5,7-8,13,15H,3,6,9-12H2,1-2H3,(H2,20,21,22);1H. The maximum absolute atomic E-state index is 5.95. The number of fused-ring (bicyclic) bond motifs is 1. The quantitative estimate of drug-likeness (QED) is 0.263. The summed E-state index contributed by atoms with van der Waals surface area (Å²) in [6.07, 6.45) is 1.94. The number of para-hydroxylation sites is 2. The molecular formula is C19H27IN4O2S. The minimum atomic E-state index is -0.0707. The van der Waals surface area contributed by atoms with Crippen molar-refractivity contribution in [3.05, 3.63) is 40.3 Å². The SMILES string of the molecule is CCNC(=NCC1COc2ccccc2O1)NCCCc1nc(C)cs1.I. The first-order valence-corrected chi connectivity index (χ1v) is 9.94. The van der Waals surface area contributed by atoms with Crippen LogP contribution in [0.4, 0.5) is 0 Å². The topological polar surface area (TPSA) is 67.8 Å². The Morgan fingerprint density at radius 2 is 2.11 bits per heavy atom. The number of nitrogens with zero attached hydrogens (tertiary/aromatic N) is 2. The lowest BCUT2D eigenvalue weighted by Crippen LogP contribution is -2.40. The molecule has 0 saturated heterocycles. The van der Waals surface area contributed by atoms with Gasteiger partial charge in [-0.15, -0.1) is 35.3 Å². The van der Waals surface area contributed by atoms with Crippen LogP contribution >= 0.6 is 35.3 Å². The first-order chi connectivity index (χ1) is 12.7. The maximum atomic E-state index is 5.95. The number of aromatic nitrogens is 1. The second-order valence-electron chi connectivity index (χ2n) is 6.13. The molecule has 0 aliphatic carbocycles. The highest BCUT2D eigenvalue weighted by molar-refractivity contribution is 14.0. The smallest absolute Gasteiger partial charge is 0.191 e. The van der Waals surface area contributed by atoms with E-state index in [0.29, 0.717) is 13.2 Å².